The first-order chi connectivity index (χ1) is 4.83. The molecule has 1 heterocycles. The number of methoxy groups -OCH3 is 1. The Morgan fingerprint density at radius 3 is 2.10 bits per heavy atom. The quantitative estimate of drug-likeness (QED) is 0.564. The first-order valence-corrected chi connectivity index (χ1v) is 4.01. The number of hydrogen-bond acceptors (Lipinski definition) is 2. The first kappa shape index (κ1) is 9.92. The van der Waals surface area contributed by atoms with Gasteiger partial charge in [-0.3, -0.25) is 0 Å². The summed E-state index contributed by atoms with van der Waals surface area (Å²) in [5, 5.41) is 0. The van der Waals surface area contributed by atoms with Crippen molar-refractivity contribution in [1.82, 2.24) is 0 Å². The molecule has 62 valence electrons. The highest BCUT2D eigenvalue weighted by Crippen LogP contribution is 2.18. The fourth-order valence-corrected chi connectivity index (χ4v) is 0.939. The maximum absolute atomic E-state index is 5.29. The predicted octanol–water partition coefficient (Wildman–Crippen LogP) is 2.18. The summed E-state index contributed by atoms with van der Waals surface area (Å²) < 4.78 is 10.2. The van der Waals surface area contributed by atoms with Gasteiger partial charge in [0.05, 0.1) is 6.10 Å². The lowest BCUT2D eigenvalue weighted by Crippen LogP contribution is -2.09. The van der Waals surface area contributed by atoms with Crippen LogP contribution in [0, 0.1) is 0 Å². The zero-order valence-electron chi connectivity index (χ0n) is 7.39. The van der Waals surface area contributed by atoms with Crippen molar-refractivity contribution in [2.24, 2.45) is 0 Å². The van der Waals surface area contributed by atoms with Crippen LogP contribution in [-0.2, 0) is 9.47 Å². The molecule has 2 heteroatoms. The minimum absolute atomic E-state index is 0.0741. The maximum atomic E-state index is 5.29. The number of rotatable bonds is 1. The van der Waals surface area contributed by atoms with Crippen LogP contribution in [0.3, 0.4) is 0 Å². The summed E-state index contributed by atoms with van der Waals surface area (Å²) in [4.78, 5) is 0. The highest BCUT2D eigenvalue weighted by molar-refractivity contribution is 4.61. The minimum Gasteiger partial charge on any atom is -0.356 e. The maximum Gasteiger partial charge on any atom is 0.157 e. The van der Waals surface area contributed by atoms with Crippen LogP contribution >= 0.6 is 0 Å². The molecule has 1 aliphatic rings. The Kier molecular flexibility index (Phi) is 5.64. The molecule has 1 saturated heterocycles. The van der Waals surface area contributed by atoms with Crippen LogP contribution in [0.1, 0.15) is 33.6 Å². The van der Waals surface area contributed by atoms with Crippen LogP contribution in [-0.4, -0.2) is 19.5 Å². The van der Waals surface area contributed by atoms with Gasteiger partial charge in [-0.2, -0.15) is 0 Å². The van der Waals surface area contributed by atoms with Gasteiger partial charge >= 0.3 is 0 Å². The second kappa shape index (κ2) is 5.69. The fraction of sp³-hybridized carbons (Fsp3) is 1.00. The molecule has 1 rings (SSSR count). The Balaban J connectivity index is 0.000000371. The van der Waals surface area contributed by atoms with E-state index >= 15 is 0 Å². The molecule has 0 bridgehead atoms. The molecule has 0 radical (unpaired) electrons. The summed E-state index contributed by atoms with van der Waals surface area (Å²) in [6, 6.07) is 0. The molecule has 0 aromatic carbocycles. The molecule has 2 unspecified atom stereocenters. The Morgan fingerprint density at radius 2 is 1.90 bits per heavy atom. The largest absolute Gasteiger partial charge is 0.356 e. The van der Waals surface area contributed by atoms with E-state index in [4.69, 9.17) is 9.47 Å². The smallest absolute Gasteiger partial charge is 0.157 e. The van der Waals surface area contributed by atoms with Crippen molar-refractivity contribution in [3.8, 4) is 0 Å². The van der Waals surface area contributed by atoms with Gasteiger partial charge in [0.1, 0.15) is 0 Å². The van der Waals surface area contributed by atoms with E-state index in [-0.39, 0.29) is 6.29 Å². The van der Waals surface area contributed by atoms with Crippen molar-refractivity contribution in [1.29, 1.82) is 0 Å². The second-order valence-electron chi connectivity index (χ2n) is 2.19. The summed E-state index contributed by atoms with van der Waals surface area (Å²) in [5.74, 6) is 0. The summed E-state index contributed by atoms with van der Waals surface area (Å²) in [7, 11) is 1.68. The summed E-state index contributed by atoms with van der Waals surface area (Å²) in [6.45, 7) is 6.07. The highest BCUT2D eigenvalue weighted by Gasteiger charge is 2.20. The van der Waals surface area contributed by atoms with Crippen LogP contribution in [0.25, 0.3) is 0 Å². The molecule has 0 aromatic heterocycles. The van der Waals surface area contributed by atoms with Crippen LogP contribution < -0.4 is 0 Å². The van der Waals surface area contributed by atoms with E-state index < -0.39 is 0 Å². The lowest BCUT2D eigenvalue weighted by molar-refractivity contribution is -0.110. The third-order valence-electron chi connectivity index (χ3n) is 1.46. The van der Waals surface area contributed by atoms with Crippen molar-refractivity contribution in [3.05, 3.63) is 0 Å². The lowest BCUT2D eigenvalue weighted by Gasteiger charge is -2.06. The standard InChI is InChI=1S/C6H12O2.C2H6/c1-5-3-4-6(7-2)8-5;1-2/h5-6H,3-4H2,1-2H3;1-2H3. The van der Waals surface area contributed by atoms with Gasteiger partial charge in [0.2, 0.25) is 0 Å². The number of hydrogen-bond donors (Lipinski definition) is 0. The number of ether oxygens (including phenoxy) is 2. The van der Waals surface area contributed by atoms with E-state index in [0.717, 1.165) is 12.8 Å². The van der Waals surface area contributed by atoms with Crippen molar-refractivity contribution >= 4 is 0 Å². The highest BCUT2D eigenvalue weighted by atomic mass is 16.7. The van der Waals surface area contributed by atoms with Gasteiger partial charge in [-0.25, -0.2) is 0 Å². The molecule has 0 aliphatic carbocycles. The van der Waals surface area contributed by atoms with E-state index in [9.17, 15) is 0 Å². The molecule has 0 spiro atoms. The summed E-state index contributed by atoms with van der Waals surface area (Å²) in [5.41, 5.74) is 0. The molecule has 10 heavy (non-hydrogen) atoms. The Labute approximate surface area is 63.5 Å². The average Bonchev–Trinajstić information content (AvgIpc) is 2.40. The van der Waals surface area contributed by atoms with Gasteiger partial charge < -0.3 is 9.47 Å². The molecule has 1 fully saturated rings. The van der Waals surface area contributed by atoms with Gasteiger partial charge in [0.15, 0.2) is 6.29 Å². The Bertz CT molecular complexity index is 73.7. The van der Waals surface area contributed by atoms with Crippen LogP contribution in [0.5, 0.6) is 0 Å². The van der Waals surface area contributed by atoms with Crippen molar-refractivity contribution in [2.45, 2.75) is 46.0 Å². The second-order valence-corrected chi connectivity index (χ2v) is 2.19. The van der Waals surface area contributed by atoms with Gasteiger partial charge in [0, 0.05) is 13.5 Å². The molecule has 0 amide bonds. The van der Waals surface area contributed by atoms with E-state index in [1.54, 1.807) is 7.11 Å². The summed E-state index contributed by atoms with van der Waals surface area (Å²) in [6.07, 6.45) is 2.67. The van der Waals surface area contributed by atoms with E-state index in [1.165, 1.54) is 0 Å². The average molecular weight is 146 g/mol. The van der Waals surface area contributed by atoms with Crippen molar-refractivity contribution < 1.29 is 9.47 Å². The molecule has 2 atom stereocenters. The molecule has 1 aliphatic heterocycles. The molecule has 0 N–H and O–H groups in total. The zero-order valence-corrected chi connectivity index (χ0v) is 7.39. The van der Waals surface area contributed by atoms with Gasteiger partial charge in [-0.1, -0.05) is 13.8 Å². The zero-order chi connectivity index (χ0) is 7.98. The summed E-state index contributed by atoms with van der Waals surface area (Å²) >= 11 is 0. The lowest BCUT2D eigenvalue weighted by atomic mass is 10.3. The third-order valence-corrected chi connectivity index (χ3v) is 1.46. The van der Waals surface area contributed by atoms with E-state index in [1.807, 2.05) is 13.8 Å². The minimum atomic E-state index is 0.0741. The van der Waals surface area contributed by atoms with Crippen LogP contribution in [0.2, 0.25) is 0 Å². The first-order valence-electron chi connectivity index (χ1n) is 4.01. The van der Waals surface area contributed by atoms with Crippen LogP contribution in [0.15, 0.2) is 0 Å². The van der Waals surface area contributed by atoms with Crippen molar-refractivity contribution in [3.63, 3.8) is 0 Å². The van der Waals surface area contributed by atoms with Gasteiger partial charge in [0.25, 0.3) is 0 Å². The normalized spacial score (nSPS) is 31.2. The Hall–Kier alpha value is -0.0800. The van der Waals surface area contributed by atoms with Gasteiger partial charge in [-0.05, 0) is 13.3 Å². The van der Waals surface area contributed by atoms with Crippen LogP contribution in [0.4, 0.5) is 0 Å². The van der Waals surface area contributed by atoms with Gasteiger partial charge in [-0.15, -0.1) is 0 Å². The predicted molar refractivity (Wildman–Crippen MR) is 41.9 cm³/mol. The van der Waals surface area contributed by atoms with E-state index in [0.29, 0.717) is 6.10 Å². The molecular weight excluding hydrogens is 128 g/mol. The molecule has 2 nitrogen and oxygen atoms in total. The Morgan fingerprint density at radius 1 is 1.30 bits per heavy atom. The third kappa shape index (κ3) is 3.18. The topological polar surface area (TPSA) is 18.5 Å². The molecule has 0 saturated carbocycles. The van der Waals surface area contributed by atoms with Crippen molar-refractivity contribution in [2.75, 3.05) is 7.11 Å². The van der Waals surface area contributed by atoms with E-state index in [2.05, 4.69) is 6.92 Å². The fourth-order valence-electron chi connectivity index (χ4n) is 0.939. The molecule has 0 aromatic rings. The molecular formula is C8H18O2. The SMILES string of the molecule is CC.COC1CCC(C)O1. The monoisotopic (exact) mass is 146 g/mol.